The van der Waals surface area contributed by atoms with E-state index in [1.165, 1.54) is 0 Å². The van der Waals surface area contributed by atoms with Crippen molar-refractivity contribution in [2.45, 2.75) is 11.8 Å². The molecule has 6 heteroatoms. The van der Waals surface area contributed by atoms with Crippen molar-refractivity contribution in [2.24, 2.45) is 0 Å². The van der Waals surface area contributed by atoms with E-state index in [9.17, 15) is 4.21 Å². The molecule has 0 saturated carbocycles. The van der Waals surface area contributed by atoms with Crippen LogP contribution in [0.2, 0.25) is 0 Å². The largest absolute Gasteiger partial charge is 0.223 e. The predicted molar refractivity (Wildman–Crippen MR) is 59.2 cm³/mol. The van der Waals surface area contributed by atoms with E-state index >= 15 is 0 Å². The third-order valence-electron chi connectivity index (χ3n) is 1.47. The van der Waals surface area contributed by atoms with Crippen LogP contribution in [0.3, 0.4) is 0 Å². The van der Waals surface area contributed by atoms with Crippen molar-refractivity contribution in [1.29, 1.82) is 5.26 Å². The van der Waals surface area contributed by atoms with Gasteiger partial charge >= 0.3 is 0 Å². The summed E-state index contributed by atoms with van der Waals surface area (Å²) in [6.07, 6.45) is 0. The van der Waals surface area contributed by atoms with Crippen molar-refractivity contribution >= 4 is 32.0 Å². The Morgan fingerprint density at radius 1 is 1.50 bits per heavy atom. The Hall–Kier alpha value is -0.610. The number of nitriles is 1. The van der Waals surface area contributed by atoms with Crippen LogP contribution in [0.4, 0.5) is 0 Å². The van der Waals surface area contributed by atoms with Crippen LogP contribution >= 0.6 is 12.0 Å². The minimum absolute atomic E-state index is 0.417. The van der Waals surface area contributed by atoms with Gasteiger partial charge in [0.15, 0.2) is 14.2 Å². The van der Waals surface area contributed by atoms with Gasteiger partial charge in [0.25, 0.3) is 0 Å². The Labute approximate surface area is 92.2 Å². The highest BCUT2D eigenvalue weighted by atomic mass is 32.8. The van der Waals surface area contributed by atoms with E-state index in [4.69, 9.17) is 20.1 Å². The molecule has 0 saturated heterocycles. The summed E-state index contributed by atoms with van der Waals surface area (Å²) in [5, 5.41) is 9.89. The van der Waals surface area contributed by atoms with Crippen LogP contribution in [0, 0.1) is 17.6 Å². The first-order valence-corrected chi connectivity index (χ1v) is 6.77. The molecule has 0 radical (unpaired) electrons. The second kappa shape index (κ2) is 4.75. The Morgan fingerprint density at radius 2 is 2.07 bits per heavy atom. The van der Waals surface area contributed by atoms with E-state index in [0.717, 1.165) is 5.56 Å². The van der Waals surface area contributed by atoms with Gasteiger partial charge in [-0.2, -0.15) is 8.89 Å². The van der Waals surface area contributed by atoms with Crippen LogP contribution in [0.15, 0.2) is 29.2 Å². The van der Waals surface area contributed by atoms with Crippen molar-refractivity contribution in [1.82, 2.24) is 0 Å². The van der Waals surface area contributed by atoms with Crippen LogP contribution in [0.5, 0.6) is 0 Å². The first-order valence-electron chi connectivity index (χ1n) is 3.62. The summed E-state index contributed by atoms with van der Waals surface area (Å²) in [5.74, 6) is 0. The van der Waals surface area contributed by atoms with Crippen LogP contribution in [0.25, 0.3) is 0 Å². The molecular weight excluding hydrogens is 238 g/mol. The zero-order valence-electron chi connectivity index (χ0n) is 7.30. The van der Waals surface area contributed by atoms with Crippen molar-refractivity contribution in [3.63, 3.8) is 0 Å². The fourth-order valence-corrected chi connectivity index (χ4v) is 2.65. The van der Waals surface area contributed by atoms with Crippen LogP contribution in [-0.2, 0) is 23.6 Å². The van der Waals surface area contributed by atoms with Crippen LogP contribution < -0.4 is 0 Å². The van der Waals surface area contributed by atoms with Crippen LogP contribution in [-0.4, -0.2) is 4.21 Å². The smallest absolute Gasteiger partial charge is 0.185 e. The molecule has 1 aromatic rings. The highest BCUT2D eigenvalue weighted by molar-refractivity contribution is 8.33. The standard InChI is InChI=1S/C8H7NO2S3/c1-7-2-4-8(5-3-7)14(10,12)11-13-6-9/h2-5H,1H3. The molecule has 0 heterocycles. The lowest BCUT2D eigenvalue weighted by atomic mass is 10.2. The SMILES string of the molecule is Cc1ccc(S(=O)(=S)OSC#N)cc1. The number of rotatable bonds is 3. The molecule has 0 fully saturated rings. The number of nitrogens with zero attached hydrogens (tertiary/aromatic N) is 1. The fraction of sp³-hybridized carbons (Fsp3) is 0.125. The molecule has 0 aliphatic rings. The van der Waals surface area contributed by atoms with Gasteiger partial charge in [0.1, 0.15) is 12.0 Å². The Kier molecular flexibility index (Phi) is 3.89. The van der Waals surface area contributed by atoms with Crippen LogP contribution in [0.1, 0.15) is 5.56 Å². The van der Waals surface area contributed by atoms with E-state index in [0.29, 0.717) is 16.9 Å². The fourth-order valence-electron chi connectivity index (χ4n) is 0.804. The third kappa shape index (κ3) is 2.96. The lowest BCUT2D eigenvalue weighted by Crippen LogP contribution is -1.98. The van der Waals surface area contributed by atoms with E-state index in [-0.39, 0.29) is 0 Å². The van der Waals surface area contributed by atoms with E-state index in [2.05, 4.69) is 0 Å². The maximum atomic E-state index is 11.7. The molecule has 0 bridgehead atoms. The highest BCUT2D eigenvalue weighted by Crippen LogP contribution is 2.18. The van der Waals surface area contributed by atoms with Gasteiger partial charge in [-0.1, -0.05) is 17.7 Å². The molecule has 1 aromatic carbocycles. The van der Waals surface area contributed by atoms with Gasteiger partial charge in [0, 0.05) is 11.2 Å². The van der Waals surface area contributed by atoms with Gasteiger partial charge in [0.2, 0.25) is 0 Å². The monoisotopic (exact) mass is 245 g/mol. The Morgan fingerprint density at radius 3 is 2.57 bits per heavy atom. The number of aryl methyl sites for hydroxylation is 1. The molecule has 0 aliphatic carbocycles. The van der Waals surface area contributed by atoms with Gasteiger partial charge in [-0.3, -0.25) is 0 Å². The molecule has 14 heavy (non-hydrogen) atoms. The summed E-state index contributed by atoms with van der Waals surface area (Å²) >= 11 is 5.19. The second-order valence-corrected chi connectivity index (χ2v) is 6.10. The molecule has 0 aliphatic heterocycles. The molecule has 0 N–H and O–H groups in total. The lowest BCUT2D eigenvalue weighted by molar-refractivity contribution is 0.609. The van der Waals surface area contributed by atoms with E-state index in [1.54, 1.807) is 29.7 Å². The summed E-state index contributed by atoms with van der Waals surface area (Å²) in [5.41, 5.74) is 1.05. The quantitative estimate of drug-likeness (QED) is 0.603. The average molecular weight is 245 g/mol. The topological polar surface area (TPSA) is 50.1 Å². The van der Waals surface area contributed by atoms with Gasteiger partial charge in [0.05, 0.1) is 4.90 Å². The first kappa shape index (κ1) is 11.5. The molecule has 1 rings (SSSR count). The lowest BCUT2D eigenvalue weighted by Gasteiger charge is -2.03. The molecule has 0 spiro atoms. The minimum atomic E-state index is -2.97. The van der Waals surface area contributed by atoms with Gasteiger partial charge in [-0.05, 0) is 19.1 Å². The molecule has 0 aromatic heterocycles. The van der Waals surface area contributed by atoms with Gasteiger partial charge in [-0.15, -0.1) is 0 Å². The molecule has 0 amide bonds. The number of benzene rings is 1. The summed E-state index contributed by atoms with van der Waals surface area (Å²) < 4.78 is 16.4. The van der Waals surface area contributed by atoms with E-state index in [1.807, 2.05) is 6.92 Å². The minimum Gasteiger partial charge on any atom is -0.223 e. The zero-order valence-corrected chi connectivity index (χ0v) is 9.75. The summed E-state index contributed by atoms with van der Waals surface area (Å²) in [7, 11) is -2.97. The summed E-state index contributed by atoms with van der Waals surface area (Å²) in [4.78, 5) is 0.417. The predicted octanol–water partition coefficient (Wildman–Crippen LogP) is 2.16. The first-order chi connectivity index (χ1) is 6.56. The second-order valence-electron chi connectivity index (χ2n) is 2.51. The van der Waals surface area contributed by atoms with Gasteiger partial charge in [-0.25, -0.2) is 4.21 Å². The van der Waals surface area contributed by atoms with E-state index < -0.39 is 8.77 Å². The molecule has 3 nitrogen and oxygen atoms in total. The summed E-state index contributed by atoms with van der Waals surface area (Å²) in [6, 6.07) is 6.87. The van der Waals surface area contributed by atoms with Crippen molar-refractivity contribution in [2.75, 3.05) is 0 Å². The maximum Gasteiger partial charge on any atom is 0.185 e. The number of thiocyanates is 1. The number of hydrogen-bond acceptors (Lipinski definition) is 5. The average Bonchev–Trinajstić information content (AvgIpc) is 2.16. The maximum absolute atomic E-state index is 11.7. The van der Waals surface area contributed by atoms with Crippen molar-refractivity contribution in [3.8, 4) is 5.40 Å². The molecule has 1 atom stereocenters. The van der Waals surface area contributed by atoms with Gasteiger partial charge < -0.3 is 0 Å². The van der Waals surface area contributed by atoms with Crippen molar-refractivity contribution in [3.05, 3.63) is 29.8 Å². The molecule has 74 valence electrons. The molecule has 1 unspecified atom stereocenters. The van der Waals surface area contributed by atoms with Crippen molar-refractivity contribution < 1.29 is 7.84 Å². The molecular formula is C8H7NO2S3. The number of hydrogen-bond donors (Lipinski definition) is 0. The Bertz CT molecular complexity index is 444. The third-order valence-corrected chi connectivity index (χ3v) is 4.46. The Balaban J connectivity index is 2.94. The highest BCUT2D eigenvalue weighted by Gasteiger charge is 2.10. The zero-order chi connectivity index (χ0) is 10.6. The summed E-state index contributed by atoms with van der Waals surface area (Å²) in [6.45, 7) is 1.92. The normalized spacial score (nSPS) is 14.3.